The molecule has 4 heteroatoms. The highest BCUT2D eigenvalue weighted by Gasteiger charge is 2.22. The maximum Gasteiger partial charge on any atom is 0.119 e. The summed E-state index contributed by atoms with van der Waals surface area (Å²) in [6.45, 7) is 4.71. The van der Waals surface area contributed by atoms with Crippen molar-refractivity contribution < 1.29 is 4.74 Å². The lowest BCUT2D eigenvalue weighted by Gasteiger charge is -2.30. The number of methoxy groups -OCH3 is 1. The van der Waals surface area contributed by atoms with Crippen LogP contribution in [-0.2, 0) is 25.7 Å². The van der Waals surface area contributed by atoms with Crippen LogP contribution in [0.1, 0.15) is 71.9 Å². The molecular weight excluding hydrogens is 839 g/mol. The van der Waals surface area contributed by atoms with Gasteiger partial charge in [0.1, 0.15) is 5.75 Å². The van der Waals surface area contributed by atoms with E-state index in [0.29, 0.717) is 11.8 Å². The van der Waals surface area contributed by atoms with E-state index < -0.39 is 0 Å². The van der Waals surface area contributed by atoms with Crippen molar-refractivity contribution in [3.8, 4) is 16.9 Å². The van der Waals surface area contributed by atoms with Gasteiger partial charge in [0.15, 0.2) is 0 Å². The van der Waals surface area contributed by atoms with E-state index in [9.17, 15) is 0 Å². The summed E-state index contributed by atoms with van der Waals surface area (Å²) in [4.78, 5) is 7.07. The Kier molecular flexibility index (Phi) is 12.3. The van der Waals surface area contributed by atoms with E-state index in [1.54, 1.807) is 7.11 Å². The molecule has 9 aromatic carbocycles. The van der Waals surface area contributed by atoms with Crippen molar-refractivity contribution in [2.45, 2.75) is 64.2 Å². The van der Waals surface area contributed by atoms with Crippen LogP contribution in [0.25, 0.3) is 11.1 Å². The van der Waals surface area contributed by atoms with Crippen LogP contribution in [0.4, 0.5) is 51.2 Å². The minimum atomic E-state index is 0.409. The average molecular weight is 898 g/mol. The number of hydrogen-bond acceptors (Lipinski definition) is 4. The van der Waals surface area contributed by atoms with Gasteiger partial charge < -0.3 is 19.4 Å². The Labute approximate surface area is 408 Å². The normalized spacial score (nSPS) is 13.2. The van der Waals surface area contributed by atoms with Crippen molar-refractivity contribution in [1.82, 2.24) is 0 Å². The Hall–Kier alpha value is -7.82. The second-order valence-corrected chi connectivity index (χ2v) is 18.8. The molecule has 69 heavy (non-hydrogen) atoms. The molecule has 0 bridgehead atoms. The molecule has 0 amide bonds. The number of benzene rings is 9. The smallest absolute Gasteiger partial charge is 0.119 e. The van der Waals surface area contributed by atoms with Gasteiger partial charge in [-0.05, 0) is 216 Å². The molecule has 9 aromatic rings. The van der Waals surface area contributed by atoms with Gasteiger partial charge in [-0.25, -0.2) is 0 Å². The maximum atomic E-state index is 5.56. The highest BCUT2D eigenvalue weighted by atomic mass is 16.5. The van der Waals surface area contributed by atoms with Crippen molar-refractivity contribution >= 4 is 51.2 Å². The first-order valence-electron chi connectivity index (χ1n) is 24.8. The highest BCUT2D eigenvalue weighted by Crippen LogP contribution is 2.43. The fourth-order valence-corrected chi connectivity index (χ4v) is 10.4. The van der Waals surface area contributed by atoms with Gasteiger partial charge >= 0.3 is 0 Å². The van der Waals surface area contributed by atoms with Crippen LogP contribution < -0.4 is 19.4 Å². The minimum absolute atomic E-state index is 0.409. The number of anilines is 9. The quantitative estimate of drug-likeness (QED) is 0.0962. The molecule has 0 spiro atoms. The first kappa shape index (κ1) is 43.7. The molecule has 0 fully saturated rings. The van der Waals surface area contributed by atoms with Crippen molar-refractivity contribution in [1.29, 1.82) is 0 Å². The molecular formula is C65H59N3O. The van der Waals surface area contributed by atoms with Crippen LogP contribution in [-0.4, -0.2) is 7.11 Å². The molecule has 2 aliphatic carbocycles. The zero-order valence-corrected chi connectivity index (χ0v) is 39.9. The Morgan fingerprint density at radius 2 is 0.725 bits per heavy atom. The van der Waals surface area contributed by atoms with Gasteiger partial charge in [0, 0.05) is 51.2 Å². The average Bonchev–Trinajstić information content (AvgIpc) is 3.39. The summed E-state index contributed by atoms with van der Waals surface area (Å²) in [6.07, 6.45) is 6.90. The molecule has 0 aliphatic heterocycles. The summed E-state index contributed by atoms with van der Waals surface area (Å²) in [5.41, 5.74) is 21.5. The number of fused-ring (bicyclic) bond motifs is 2. The van der Waals surface area contributed by atoms with Crippen LogP contribution in [0, 0.1) is 0 Å². The predicted octanol–water partition coefficient (Wildman–Crippen LogP) is 17.7. The van der Waals surface area contributed by atoms with Gasteiger partial charge in [-0.2, -0.15) is 0 Å². The van der Waals surface area contributed by atoms with E-state index in [1.165, 1.54) is 87.3 Å². The van der Waals surface area contributed by atoms with Crippen LogP contribution in [0.2, 0.25) is 0 Å². The molecule has 0 saturated carbocycles. The lowest BCUT2D eigenvalue weighted by molar-refractivity contribution is 0.415. The number of nitrogens with zero attached hydrogens (tertiary/aromatic N) is 3. The van der Waals surface area contributed by atoms with Crippen molar-refractivity contribution in [2.75, 3.05) is 21.8 Å². The monoisotopic (exact) mass is 897 g/mol. The lowest BCUT2D eigenvalue weighted by atomic mass is 9.84. The fourth-order valence-electron chi connectivity index (χ4n) is 10.4. The summed E-state index contributed by atoms with van der Waals surface area (Å²) < 4.78 is 5.56. The lowest BCUT2D eigenvalue weighted by Crippen LogP contribution is -2.15. The number of ether oxygens (including phenoxy) is 1. The number of aryl methyl sites for hydroxylation is 4. The molecule has 0 aromatic heterocycles. The second kappa shape index (κ2) is 19.4. The van der Waals surface area contributed by atoms with Gasteiger partial charge in [-0.1, -0.05) is 111 Å². The Morgan fingerprint density at radius 3 is 1.13 bits per heavy atom. The molecule has 2 unspecified atom stereocenters. The van der Waals surface area contributed by atoms with Gasteiger partial charge in [-0.3, -0.25) is 0 Å². The van der Waals surface area contributed by atoms with Crippen LogP contribution in [0.5, 0.6) is 5.75 Å². The van der Waals surface area contributed by atoms with E-state index in [-0.39, 0.29) is 0 Å². The zero-order valence-electron chi connectivity index (χ0n) is 39.9. The van der Waals surface area contributed by atoms with Crippen molar-refractivity contribution in [3.63, 3.8) is 0 Å². The Balaban J connectivity index is 0.801. The molecule has 0 saturated heterocycles. The number of hydrogen-bond donors (Lipinski definition) is 0. The summed E-state index contributed by atoms with van der Waals surface area (Å²) in [7, 11) is 1.71. The summed E-state index contributed by atoms with van der Waals surface area (Å²) >= 11 is 0. The molecule has 4 nitrogen and oxygen atoms in total. The van der Waals surface area contributed by atoms with Gasteiger partial charge in [-0.15, -0.1) is 0 Å². The molecule has 0 radical (unpaired) electrons. The standard InChI is InChI=1S/C65H59N3O/c1-4-47(43-46(2)48-15-17-50(18-16-48)51-25-31-59(32-26-51)68(63-33-27-52-19-21-54(52)44-63)64-34-28-53-20-22-55(53)45-64)49-23-29-58(30-24-49)67(62-39-41-65(69-3)42-40-62)61-37-35-60(36-38-61)66(56-11-7-5-8-12-56)57-13-9-6-10-14-57/h5-18,23-42,44-47H,4,19-22,43H2,1-3H3. The largest absolute Gasteiger partial charge is 0.497 e. The Morgan fingerprint density at radius 1 is 0.377 bits per heavy atom. The third-order valence-electron chi connectivity index (χ3n) is 14.6. The molecule has 0 N–H and O–H groups in total. The van der Waals surface area contributed by atoms with E-state index in [1.807, 2.05) is 12.1 Å². The molecule has 0 heterocycles. The van der Waals surface area contributed by atoms with E-state index in [4.69, 9.17) is 4.74 Å². The Bertz CT molecular complexity index is 3050. The van der Waals surface area contributed by atoms with E-state index in [2.05, 4.69) is 235 Å². The summed E-state index contributed by atoms with van der Waals surface area (Å²) in [6, 6.07) is 80.1. The first-order chi connectivity index (χ1) is 34.0. The van der Waals surface area contributed by atoms with Gasteiger partial charge in [0.2, 0.25) is 0 Å². The van der Waals surface area contributed by atoms with E-state index >= 15 is 0 Å². The van der Waals surface area contributed by atoms with Crippen molar-refractivity contribution in [3.05, 3.63) is 252 Å². The van der Waals surface area contributed by atoms with Gasteiger partial charge in [0.05, 0.1) is 7.11 Å². The first-order valence-corrected chi connectivity index (χ1v) is 24.8. The third-order valence-corrected chi connectivity index (χ3v) is 14.6. The maximum absolute atomic E-state index is 5.56. The van der Waals surface area contributed by atoms with Crippen LogP contribution >= 0.6 is 0 Å². The molecule has 2 aliphatic rings. The number of rotatable bonds is 16. The fraction of sp³-hybridized carbons (Fsp3) is 0.169. The molecule has 2 atom stereocenters. The van der Waals surface area contributed by atoms with Crippen LogP contribution in [0.3, 0.4) is 0 Å². The van der Waals surface area contributed by atoms with Crippen molar-refractivity contribution in [2.24, 2.45) is 0 Å². The summed E-state index contributed by atoms with van der Waals surface area (Å²) in [5, 5.41) is 0. The SMILES string of the molecule is CCC(CC(C)c1ccc(-c2ccc(N(c3ccc4c(c3)CC4)c3ccc4c(c3)CC4)cc2)cc1)c1ccc(N(c2ccc(OC)cc2)c2ccc(N(c3ccccc3)c3ccccc3)cc2)cc1. The second-order valence-electron chi connectivity index (χ2n) is 18.8. The molecule has 11 rings (SSSR count). The third kappa shape index (κ3) is 9.03. The predicted molar refractivity (Wildman–Crippen MR) is 290 cm³/mol. The topological polar surface area (TPSA) is 19.0 Å². The number of para-hydroxylation sites is 2. The highest BCUT2D eigenvalue weighted by molar-refractivity contribution is 5.82. The van der Waals surface area contributed by atoms with Crippen LogP contribution in [0.15, 0.2) is 218 Å². The van der Waals surface area contributed by atoms with Gasteiger partial charge in [0.25, 0.3) is 0 Å². The minimum Gasteiger partial charge on any atom is -0.497 e. The summed E-state index contributed by atoms with van der Waals surface area (Å²) in [5.74, 6) is 1.68. The molecule has 340 valence electrons. The van der Waals surface area contributed by atoms with E-state index in [0.717, 1.165) is 52.7 Å². The zero-order chi connectivity index (χ0) is 46.7.